The third kappa shape index (κ3) is 3.97. The van der Waals surface area contributed by atoms with Crippen molar-refractivity contribution >= 4 is 26.8 Å². The monoisotopic (exact) mass is 483 g/mol. The first-order chi connectivity index (χ1) is 16.4. The maximum atomic E-state index is 13.3. The van der Waals surface area contributed by atoms with E-state index in [-0.39, 0.29) is 10.7 Å². The van der Waals surface area contributed by atoms with Crippen molar-refractivity contribution in [2.24, 2.45) is 5.73 Å². The van der Waals surface area contributed by atoms with Crippen molar-refractivity contribution in [1.82, 2.24) is 14.9 Å². The van der Waals surface area contributed by atoms with Crippen LogP contribution in [0.4, 0.5) is 5.82 Å². The molecule has 0 radical (unpaired) electrons. The summed E-state index contributed by atoms with van der Waals surface area (Å²) in [4.78, 5) is 0.0665. The quantitative estimate of drug-likeness (QED) is 0.391. The summed E-state index contributed by atoms with van der Waals surface area (Å²) in [5, 5.41) is 8.70. The van der Waals surface area contributed by atoms with Crippen molar-refractivity contribution in [2.45, 2.75) is 37.2 Å². The van der Waals surface area contributed by atoms with Crippen LogP contribution in [-0.2, 0) is 36.0 Å². The van der Waals surface area contributed by atoms with Gasteiger partial charge in [-0.15, -0.1) is 0 Å². The average molecular weight is 484 g/mol. The maximum Gasteiger partial charge on any atom is 0.266 e. The summed E-state index contributed by atoms with van der Waals surface area (Å²) in [7, 11) is -1.03. The summed E-state index contributed by atoms with van der Waals surface area (Å²) in [6.45, 7) is 0.864. The molecule has 0 atom stereocenters. The summed E-state index contributed by atoms with van der Waals surface area (Å²) in [6.07, 6.45) is 6.33. The lowest BCUT2D eigenvalue weighted by Gasteiger charge is -2.13. The second-order valence-electron chi connectivity index (χ2n) is 8.18. The molecule has 34 heavy (non-hydrogen) atoms. The molecule has 2 aromatic heterocycles. The number of hydrogen-bond acceptors (Lipinski definition) is 8. The number of aryl methyl sites for hydroxylation is 2. The number of rotatable bonds is 8. The molecule has 1 aliphatic rings. The van der Waals surface area contributed by atoms with Crippen LogP contribution in [0.3, 0.4) is 0 Å². The number of sulfonamides is 1. The van der Waals surface area contributed by atoms with Crippen LogP contribution < -0.4 is 19.9 Å². The van der Waals surface area contributed by atoms with Crippen LogP contribution in [0, 0.1) is 0 Å². The molecule has 0 saturated carbocycles. The van der Waals surface area contributed by atoms with Crippen LogP contribution in [0.1, 0.15) is 28.7 Å². The molecule has 5 rings (SSSR count). The van der Waals surface area contributed by atoms with E-state index in [9.17, 15) is 8.42 Å². The highest BCUT2D eigenvalue weighted by atomic mass is 32.2. The summed E-state index contributed by atoms with van der Waals surface area (Å²) in [5.74, 6) is 0.773. The van der Waals surface area contributed by atoms with Crippen LogP contribution in [0.5, 0.6) is 11.5 Å². The highest BCUT2D eigenvalue weighted by Crippen LogP contribution is 2.37. The van der Waals surface area contributed by atoms with E-state index < -0.39 is 10.0 Å². The van der Waals surface area contributed by atoms with Gasteiger partial charge in [-0.1, -0.05) is 5.16 Å². The summed E-state index contributed by atoms with van der Waals surface area (Å²) >= 11 is 0. The number of ether oxygens (including phenoxy) is 2. The summed E-state index contributed by atoms with van der Waals surface area (Å²) in [6, 6.07) is 7.07. The second-order valence-corrected chi connectivity index (χ2v) is 9.83. The van der Waals surface area contributed by atoms with E-state index in [1.807, 2.05) is 6.20 Å². The fourth-order valence-electron chi connectivity index (χ4n) is 4.33. The maximum absolute atomic E-state index is 13.3. The van der Waals surface area contributed by atoms with Crippen LogP contribution >= 0.6 is 0 Å². The number of anilines is 1. The molecule has 1 aliphatic carbocycles. The van der Waals surface area contributed by atoms with Gasteiger partial charge in [-0.2, -0.15) is 5.10 Å². The Morgan fingerprint density at radius 3 is 2.56 bits per heavy atom. The number of methoxy groups -OCH3 is 2. The Balaban J connectivity index is 1.50. The average Bonchev–Trinajstić information content (AvgIpc) is 3.57. The fraction of sp³-hybridized carbons (Fsp3) is 0.304. The molecule has 4 aromatic rings. The number of fused-ring (bicyclic) bond motifs is 2. The Labute approximate surface area is 196 Å². The van der Waals surface area contributed by atoms with Gasteiger partial charge in [0.05, 0.1) is 27.0 Å². The molecule has 0 aliphatic heterocycles. The van der Waals surface area contributed by atoms with Crippen LogP contribution in [0.25, 0.3) is 11.0 Å². The minimum Gasteiger partial charge on any atom is -0.496 e. The van der Waals surface area contributed by atoms with Crippen LogP contribution in [0.2, 0.25) is 0 Å². The smallest absolute Gasteiger partial charge is 0.266 e. The third-order valence-corrected chi connectivity index (χ3v) is 7.34. The molecular weight excluding hydrogens is 458 g/mol. The molecule has 0 fully saturated rings. The zero-order chi connectivity index (χ0) is 23.9. The SMILES string of the molecule is COc1cc2c(cc1S(=O)(=O)Nc1noc3cc(Cn4cc(CN)cn4)cc(OC)c13)CCC2. The highest BCUT2D eigenvalue weighted by molar-refractivity contribution is 7.92. The predicted molar refractivity (Wildman–Crippen MR) is 126 cm³/mol. The van der Waals surface area contributed by atoms with Crippen molar-refractivity contribution in [3.63, 3.8) is 0 Å². The molecule has 3 N–H and O–H groups in total. The Bertz CT molecular complexity index is 1470. The van der Waals surface area contributed by atoms with Gasteiger partial charge in [-0.05, 0) is 60.2 Å². The Morgan fingerprint density at radius 1 is 1.09 bits per heavy atom. The Hall–Kier alpha value is -3.57. The lowest BCUT2D eigenvalue weighted by molar-refractivity contribution is 0.402. The zero-order valence-corrected chi connectivity index (χ0v) is 19.7. The number of benzene rings is 2. The van der Waals surface area contributed by atoms with Crippen molar-refractivity contribution in [1.29, 1.82) is 0 Å². The van der Waals surface area contributed by atoms with Gasteiger partial charge in [0.1, 0.15) is 21.8 Å². The molecule has 0 spiro atoms. The van der Waals surface area contributed by atoms with E-state index in [0.717, 1.165) is 41.5 Å². The lowest BCUT2D eigenvalue weighted by Crippen LogP contribution is -2.15. The largest absolute Gasteiger partial charge is 0.496 e. The summed E-state index contributed by atoms with van der Waals surface area (Å²) < 4.78 is 47.4. The zero-order valence-electron chi connectivity index (χ0n) is 18.9. The van der Waals surface area contributed by atoms with Crippen LogP contribution in [0.15, 0.2) is 46.1 Å². The van der Waals surface area contributed by atoms with Gasteiger partial charge >= 0.3 is 0 Å². The van der Waals surface area contributed by atoms with E-state index in [1.165, 1.54) is 14.2 Å². The lowest BCUT2D eigenvalue weighted by atomic mass is 10.1. The predicted octanol–water partition coefficient (Wildman–Crippen LogP) is 2.84. The number of nitrogens with two attached hydrogens (primary N) is 1. The van der Waals surface area contributed by atoms with Crippen molar-refractivity contribution in [2.75, 3.05) is 18.9 Å². The van der Waals surface area contributed by atoms with E-state index in [4.69, 9.17) is 19.7 Å². The molecule has 0 unspecified atom stereocenters. The highest BCUT2D eigenvalue weighted by Gasteiger charge is 2.27. The molecule has 0 saturated heterocycles. The first-order valence-corrected chi connectivity index (χ1v) is 12.3. The first kappa shape index (κ1) is 22.2. The standard InChI is InChI=1S/C23H25N5O5S/c1-31-18-8-16-4-3-5-17(16)9-21(18)34(29,30)27-23-22-19(32-2)6-14(7-20(22)33-26-23)12-28-13-15(10-24)11-25-28/h6-9,11,13H,3-5,10,12,24H2,1-2H3,(H,26,27). The van der Waals surface area contributed by atoms with E-state index in [1.54, 1.807) is 35.1 Å². The normalized spacial score (nSPS) is 13.3. The molecule has 2 heterocycles. The van der Waals surface area contributed by atoms with E-state index in [2.05, 4.69) is 15.0 Å². The number of nitrogens with zero attached hydrogens (tertiary/aromatic N) is 3. The van der Waals surface area contributed by atoms with Gasteiger partial charge in [0.15, 0.2) is 11.4 Å². The molecule has 178 valence electrons. The van der Waals surface area contributed by atoms with Gasteiger partial charge in [-0.3, -0.25) is 9.40 Å². The minimum absolute atomic E-state index is 0.0467. The number of hydrogen-bond donors (Lipinski definition) is 2. The third-order valence-electron chi connectivity index (χ3n) is 5.98. The molecular formula is C23H25N5O5S. The summed E-state index contributed by atoms with van der Waals surface area (Å²) in [5.41, 5.74) is 9.95. The van der Waals surface area contributed by atoms with Crippen molar-refractivity contribution in [3.8, 4) is 11.5 Å². The molecule has 0 bridgehead atoms. The Kier molecular flexibility index (Phi) is 5.66. The topological polar surface area (TPSA) is 134 Å². The van der Waals surface area contributed by atoms with Gasteiger partial charge in [0.2, 0.25) is 0 Å². The van der Waals surface area contributed by atoms with Gasteiger partial charge in [-0.25, -0.2) is 8.42 Å². The number of aromatic nitrogens is 3. The molecule has 11 heteroatoms. The second kappa shape index (κ2) is 8.65. The Morgan fingerprint density at radius 2 is 1.85 bits per heavy atom. The van der Waals surface area contributed by atoms with Crippen molar-refractivity contribution < 1.29 is 22.4 Å². The number of nitrogens with one attached hydrogen (secondary N) is 1. The van der Waals surface area contributed by atoms with E-state index in [0.29, 0.717) is 35.6 Å². The van der Waals surface area contributed by atoms with Crippen molar-refractivity contribution in [3.05, 3.63) is 58.9 Å². The molecule has 10 nitrogen and oxygen atoms in total. The van der Waals surface area contributed by atoms with Gasteiger partial charge in [0, 0.05) is 18.3 Å². The fourth-order valence-corrected chi connectivity index (χ4v) is 5.54. The first-order valence-electron chi connectivity index (χ1n) is 10.8. The van der Waals surface area contributed by atoms with Gasteiger partial charge < -0.3 is 19.7 Å². The van der Waals surface area contributed by atoms with Gasteiger partial charge in [0.25, 0.3) is 10.0 Å². The minimum atomic E-state index is -4.00. The van der Waals surface area contributed by atoms with Crippen LogP contribution in [-0.4, -0.2) is 37.6 Å². The molecule has 2 aromatic carbocycles. The molecule has 0 amide bonds. The van der Waals surface area contributed by atoms with E-state index >= 15 is 0 Å².